The summed E-state index contributed by atoms with van der Waals surface area (Å²) < 4.78 is 18.2. The minimum absolute atomic E-state index is 0.000390. The van der Waals surface area contributed by atoms with Gasteiger partial charge in [0.05, 0.1) is 5.02 Å². The van der Waals surface area contributed by atoms with Crippen LogP contribution in [0.15, 0.2) is 30.6 Å². The van der Waals surface area contributed by atoms with Crippen molar-refractivity contribution in [1.29, 1.82) is 0 Å². The Labute approximate surface area is 111 Å². The molecule has 0 fully saturated rings. The molecule has 0 aliphatic carbocycles. The average Bonchev–Trinajstić information content (AvgIpc) is 2.35. The highest BCUT2D eigenvalue weighted by molar-refractivity contribution is 9.08. The SMILES string of the molecule is Fc1ccc(Oc2ncc(CBr)cn2)cc1Cl. The second kappa shape index (κ2) is 5.42. The number of aromatic nitrogens is 2. The van der Waals surface area contributed by atoms with E-state index in [9.17, 15) is 4.39 Å². The minimum atomic E-state index is -0.491. The molecule has 6 heteroatoms. The first-order valence-electron chi connectivity index (χ1n) is 4.69. The van der Waals surface area contributed by atoms with Crippen LogP contribution >= 0.6 is 27.5 Å². The van der Waals surface area contributed by atoms with Gasteiger partial charge >= 0.3 is 6.01 Å². The van der Waals surface area contributed by atoms with Gasteiger partial charge in [0.25, 0.3) is 0 Å². The fourth-order valence-electron chi connectivity index (χ4n) is 1.11. The first kappa shape index (κ1) is 12.3. The Morgan fingerprint density at radius 3 is 2.59 bits per heavy atom. The van der Waals surface area contributed by atoms with E-state index in [2.05, 4.69) is 25.9 Å². The highest BCUT2D eigenvalue weighted by Gasteiger charge is 2.04. The molecule has 0 N–H and O–H groups in total. The summed E-state index contributed by atoms with van der Waals surface area (Å²) in [5.74, 6) is -0.0995. The van der Waals surface area contributed by atoms with Crippen molar-refractivity contribution in [2.75, 3.05) is 0 Å². The summed E-state index contributed by atoms with van der Waals surface area (Å²) in [5.41, 5.74) is 0.939. The van der Waals surface area contributed by atoms with Crippen LogP contribution in [0.4, 0.5) is 4.39 Å². The van der Waals surface area contributed by atoms with Crippen LogP contribution in [0.5, 0.6) is 11.8 Å². The zero-order valence-corrected chi connectivity index (χ0v) is 10.9. The van der Waals surface area contributed by atoms with Crippen molar-refractivity contribution in [3.63, 3.8) is 0 Å². The van der Waals surface area contributed by atoms with Crippen LogP contribution in [-0.2, 0) is 5.33 Å². The molecule has 0 aliphatic heterocycles. The molecule has 0 unspecified atom stereocenters. The fraction of sp³-hybridized carbons (Fsp3) is 0.0909. The van der Waals surface area contributed by atoms with Crippen molar-refractivity contribution in [3.05, 3.63) is 47.0 Å². The largest absolute Gasteiger partial charge is 0.424 e. The lowest BCUT2D eigenvalue weighted by Gasteiger charge is -2.04. The van der Waals surface area contributed by atoms with E-state index in [4.69, 9.17) is 16.3 Å². The van der Waals surface area contributed by atoms with Crippen LogP contribution in [0, 0.1) is 5.82 Å². The Morgan fingerprint density at radius 1 is 1.29 bits per heavy atom. The summed E-state index contributed by atoms with van der Waals surface area (Å²) in [6.07, 6.45) is 3.28. The molecule has 1 aromatic heterocycles. The van der Waals surface area contributed by atoms with Crippen LogP contribution in [-0.4, -0.2) is 9.97 Å². The Kier molecular flexibility index (Phi) is 3.91. The zero-order chi connectivity index (χ0) is 12.3. The van der Waals surface area contributed by atoms with E-state index in [1.54, 1.807) is 12.4 Å². The Morgan fingerprint density at radius 2 is 2.00 bits per heavy atom. The summed E-state index contributed by atoms with van der Waals surface area (Å²) in [6, 6.07) is 4.25. The van der Waals surface area contributed by atoms with Crippen molar-refractivity contribution in [3.8, 4) is 11.8 Å². The maximum atomic E-state index is 12.9. The molecule has 0 spiro atoms. The first-order chi connectivity index (χ1) is 8.19. The zero-order valence-electron chi connectivity index (χ0n) is 8.53. The monoisotopic (exact) mass is 316 g/mol. The van der Waals surface area contributed by atoms with Crippen molar-refractivity contribution < 1.29 is 9.13 Å². The summed E-state index contributed by atoms with van der Waals surface area (Å²) in [6.45, 7) is 0. The van der Waals surface area contributed by atoms with Gasteiger partial charge in [0.2, 0.25) is 0 Å². The van der Waals surface area contributed by atoms with Gasteiger partial charge in [-0.25, -0.2) is 14.4 Å². The molecule has 1 heterocycles. The third kappa shape index (κ3) is 3.14. The smallest absolute Gasteiger partial charge is 0.321 e. The van der Waals surface area contributed by atoms with E-state index in [1.807, 2.05) is 0 Å². The lowest BCUT2D eigenvalue weighted by Crippen LogP contribution is -1.93. The molecule has 0 radical (unpaired) electrons. The molecular weight excluding hydrogens is 310 g/mol. The van der Waals surface area contributed by atoms with E-state index in [1.165, 1.54) is 18.2 Å². The van der Waals surface area contributed by atoms with E-state index < -0.39 is 5.82 Å². The number of rotatable bonds is 3. The Hall–Kier alpha value is -1.20. The maximum absolute atomic E-state index is 12.9. The maximum Gasteiger partial charge on any atom is 0.321 e. The van der Waals surface area contributed by atoms with Crippen LogP contribution in [0.1, 0.15) is 5.56 Å². The van der Waals surface area contributed by atoms with E-state index in [0.717, 1.165) is 5.56 Å². The molecule has 0 atom stereocenters. The van der Waals surface area contributed by atoms with Gasteiger partial charge in [-0.15, -0.1) is 0 Å². The number of ether oxygens (including phenoxy) is 1. The summed E-state index contributed by atoms with van der Waals surface area (Å²) in [4.78, 5) is 7.99. The van der Waals surface area contributed by atoms with Gasteiger partial charge in [-0.2, -0.15) is 0 Å². The number of nitrogens with zero attached hydrogens (tertiary/aromatic N) is 2. The molecule has 2 rings (SSSR count). The highest BCUT2D eigenvalue weighted by atomic mass is 79.9. The van der Waals surface area contributed by atoms with Gasteiger partial charge in [-0.3, -0.25) is 0 Å². The highest BCUT2D eigenvalue weighted by Crippen LogP contribution is 2.24. The lowest BCUT2D eigenvalue weighted by atomic mass is 10.3. The van der Waals surface area contributed by atoms with E-state index in [0.29, 0.717) is 11.1 Å². The third-order valence-corrected chi connectivity index (χ3v) is 2.87. The molecule has 3 nitrogen and oxygen atoms in total. The van der Waals surface area contributed by atoms with Crippen LogP contribution < -0.4 is 4.74 Å². The third-order valence-electron chi connectivity index (χ3n) is 1.94. The van der Waals surface area contributed by atoms with Gasteiger partial charge in [0.15, 0.2) is 0 Å². The molecule has 1 aromatic carbocycles. The van der Waals surface area contributed by atoms with E-state index in [-0.39, 0.29) is 11.0 Å². The number of benzene rings is 1. The van der Waals surface area contributed by atoms with Crippen molar-refractivity contribution >= 4 is 27.5 Å². The van der Waals surface area contributed by atoms with Crippen LogP contribution in [0.3, 0.4) is 0 Å². The van der Waals surface area contributed by atoms with Crippen LogP contribution in [0.2, 0.25) is 5.02 Å². The topological polar surface area (TPSA) is 35.0 Å². The van der Waals surface area contributed by atoms with Crippen molar-refractivity contribution in [1.82, 2.24) is 9.97 Å². The summed E-state index contributed by atoms with van der Waals surface area (Å²) in [5, 5.41) is 0.676. The standard InChI is InChI=1S/C11H7BrClFN2O/c12-4-7-5-15-11(16-6-7)17-8-1-2-10(14)9(13)3-8/h1-3,5-6H,4H2. The molecule has 0 aliphatic rings. The second-order valence-electron chi connectivity index (χ2n) is 3.19. The van der Waals surface area contributed by atoms with Gasteiger partial charge < -0.3 is 4.74 Å². The molecule has 0 bridgehead atoms. The van der Waals surface area contributed by atoms with Crippen LogP contribution in [0.25, 0.3) is 0 Å². The Bertz CT molecular complexity index is 521. The molecule has 88 valence electrons. The van der Waals surface area contributed by atoms with Gasteiger partial charge in [-0.05, 0) is 17.7 Å². The fourth-order valence-corrected chi connectivity index (χ4v) is 1.57. The summed E-state index contributed by atoms with van der Waals surface area (Å²) in [7, 11) is 0. The molecular formula is C11H7BrClFN2O. The number of halogens is 3. The van der Waals surface area contributed by atoms with Gasteiger partial charge in [-0.1, -0.05) is 27.5 Å². The predicted octanol–water partition coefficient (Wildman–Crippen LogP) is 3.96. The second-order valence-corrected chi connectivity index (χ2v) is 4.15. The number of hydrogen-bond acceptors (Lipinski definition) is 3. The average molecular weight is 318 g/mol. The molecule has 0 amide bonds. The van der Waals surface area contributed by atoms with Crippen molar-refractivity contribution in [2.45, 2.75) is 5.33 Å². The molecule has 0 saturated carbocycles. The normalized spacial score (nSPS) is 10.3. The molecule has 17 heavy (non-hydrogen) atoms. The minimum Gasteiger partial charge on any atom is -0.424 e. The number of alkyl halides is 1. The van der Waals surface area contributed by atoms with Gasteiger partial charge in [0.1, 0.15) is 11.6 Å². The number of hydrogen-bond donors (Lipinski definition) is 0. The van der Waals surface area contributed by atoms with E-state index >= 15 is 0 Å². The molecule has 0 saturated heterocycles. The lowest BCUT2D eigenvalue weighted by molar-refractivity contribution is 0.440. The summed E-state index contributed by atoms with van der Waals surface area (Å²) >= 11 is 8.91. The van der Waals surface area contributed by atoms with Crippen molar-refractivity contribution in [2.24, 2.45) is 0 Å². The molecule has 2 aromatic rings. The predicted molar refractivity (Wildman–Crippen MR) is 66.1 cm³/mol. The Balaban J connectivity index is 2.16. The van der Waals surface area contributed by atoms with Gasteiger partial charge in [0, 0.05) is 23.8 Å². The quantitative estimate of drug-likeness (QED) is 0.804. The first-order valence-corrected chi connectivity index (χ1v) is 6.19.